The van der Waals surface area contributed by atoms with Gasteiger partial charge in [-0.15, -0.1) is 11.8 Å². The van der Waals surface area contributed by atoms with Crippen molar-refractivity contribution in [3.05, 3.63) is 24.0 Å². The van der Waals surface area contributed by atoms with Gasteiger partial charge < -0.3 is 20.8 Å². The molecule has 0 aromatic rings. The number of hydrogen-bond acceptors (Lipinski definition) is 5. The summed E-state index contributed by atoms with van der Waals surface area (Å²) in [4.78, 5) is 13.9. The second kappa shape index (κ2) is 8.46. The lowest BCUT2D eigenvalue weighted by Gasteiger charge is -2.25. The number of nitrogens with two attached hydrogens (primary N) is 1. The van der Waals surface area contributed by atoms with Crippen molar-refractivity contribution in [3.63, 3.8) is 0 Å². The Bertz CT molecular complexity index is 408. The molecule has 0 aliphatic carbocycles. The zero-order valence-electron chi connectivity index (χ0n) is 12.8. The van der Waals surface area contributed by atoms with E-state index in [4.69, 9.17) is 5.73 Å². The van der Waals surface area contributed by atoms with Gasteiger partial charge in [-0.2, -0.15) is 0 Å². The van der Waals surface area contributed by atoms with Gasteiger partial charge in [-0.05, 0) is 19.8 Å². The number of aliphatic hydroxyl groups excluding tert-OH is 2. The van der Waals surface area contributed by atoms with Gasteiger partial charge in [0.05, 0.1) is 23.3 Å². The minimum Gasteiger partial charge on any atom is -0.402 e. The minimum absolute atomic E-state index is 0.0273. The maximum absolute atomic E-state index is 12.3. The standard InChI is InChI=1S/C15H26N2O3S/c1-4-11(10(3)16)6-7-14(20)17(5-2)15-8-12(19)13(9-18)21-15/h5,12-13,15,18-19H,2,4,6-9,16H2,1,3H3/b11-10-/t12?,13-,15-/m1/s1. The summed E-state index contributed by atoms with van der Waals surface area (Å²) >= 11 is 1.42. The summed E-state index contributed by atoms with van der Waals surface area (Å²) in [7, 11) is 0. The highest BCUT2D eigenvalue weighted by Gasteiger charge is 2.37. The SMILES string of the molecule is C=CN(C(=O)CC/C(CC)=C(/C)N)[C@H]1CC(O)[C@@H](CO)S1. The first-order chi connectivity index (χ1) is 9.94. The molecule has 6 heteroatoms. The largest absolute Gasteiger partial charge is 0.402 e. The van der Waals surface area contributed by atoms with Gasteiger partial charge >= 0.3 is 0 Å². The van der Waals surface area contributed by atoms with Crippen LogP contribution in [0.1, 0.15) is 39.5 Å². The normalized spacial score (nSPS) is 26.4. The van der Waals surface area contributed by atoms with Crippen molar-refractivity contribution in [2.45, 2.75) is 56.3 Å². The van der Waals surface area contributed by atoms with Crippen LogP contribution < -0.4 is 5.73 Å². The molecule has 3 atom stereocenters. The van der Waals surface area contributed by atoms with E-state index in [9.17, 15) is 15.0 Å². The van der Waals surface area contributed by atoms with Crippen molar-refractivity contribution in [1.82, 2.24) is 4.90 Å². The molecule has 1 fully saturated rings. The Morgan fingerprint density at radius 2 is 2.19 bits per heavy atom. The number of allylic oxidation sites excluding steroid dienone is 2. The lowest BCUT2D eigenvalue weighted by atomic mass is 10.1. The summed E-state index contributed by atoms with van der Waals surface area (Å²) in [5.74, 6) is -0.0273. The highest BCUT2D eigenvalue weighted by atomic mass is 32.2. The lowest BCUT2D eigenvalue weighted by molar-refractivity contribution is -0.129. The summed E-state index contributed by atoms with van der Waals surface area (Å²) in [5, 5.41) is 18.6. The number of carbonyl (C=O) groups is 1. The maximum atomic E-state index is 12.3. The van der Waals surface area contributed by atoms with E-state index >= 15 is 0 Å². The van der Waals surface area contributed by atoms with Crippen LogP contribution in [0.25, 0.3) is 0 Å². The highest BCUT2D eigenvalue weighted by molar-refractivity contribution is 8.00. The van der Waals surface area contributed by atoms with E-state index in [0.29, 0.717) is 19.3 Å². The molecule has 0 aromatic carbocycles. The van der Waals surface area contributed by atoms with Crippen LogP contribution in [0.5, 0.6) is 0 Å². The van der Waals surface area contributed by atoms with Crippen LogP contribution in [0.15, 0.2) is 24.0 Å². The van der Waals surface area contributed by atoms with E-state index in [1.807, 2.05) is 13.8 Å². The van der Waals surface area contributed by atoms with Crippen LogP contribution in [0.4, 0.5) is 0 Å². The van der Waals surface area contributed by atoms with E-state index in [1.165, 1.54) is 18.0 Å². The first-order valence-electron chi connectivity index (χ1n) is 7.26. The van der Waals surface area contributed by atoms with Crippen molar-refractivity contribution in [2.75, 3.05) is 6.61 Å². The molecule has 1 unspecified atom stereocenters. The fourth-order valence-corrected chi connectivity index (χ4v) is 3.90. The fraction of sp³-hybridized carbons (Fsp3) is 0.667. The number of carbonyl (C=O) groups excluding carboxylic acids is 1. The zero-order chi connectivity index (χ0) is 16.0. The number of nitrogens with zero attached hydrogens (tertiary/aromatic N) is 1. The minimum atomic E-state index is -0.586. The number of hydrogen-bond donors (Lipinski definition) is 3. The summed E-state index contributed by atoms with van der Waals surface area (Å²) in [6.45, 7) is 7.48. The van der Waals surface area contributed by atoms with Crippen LogP contribution in [0, 0.1) is 0 Å². The van der Waals surface area contributed by atoms with Crippen LogP contribution >= 0.6 is 11.8 Å². The number of amides is 1. The van der Waals surface area contributed by atoms with Gasteiger partial charge in [0.25, 0.3) is 0 Å². The number of thioether (sulfide) groups is 1. The van der Waals surface area contributed by atoms with Gasteiger partial charge in [0.1, 0.15) is 0 Å². The Morgan fingerprint density at radius 3 is 2.62 bits per heavy atom. The van der Waals surface area contributed by atoms with Crippen molar-refractivity contribution in [1.29, 1.82) is 0 Å². The average Bonchev–Trinajstić information content (AvgIpc) is 2.80. The third-order valence-electron chi connectivity index (χ3n) is 3.80. The van der Waals surface area contributed by atoms with Crippen molar-refractivity contribution in [3.8, 4) is 0 Å². The molecule has 1 amide bonds. The predicted molar refractivity (Wildman–Crippen MR) is 86.3 cm³/mol. The zero-order valence-corrected chi connectivity index (χ0v) is 13.6. The molecule has 0 spiro atoms. The Balaban J connectivity index is 2.62. The molecule has 120 valence electrons. The Kier molecular flexibility index (Phi) is 7.28. The number of rotatable bonds is 7. The van der Waals surface area contributed by atoms with Crippen molar-refractivity contribution >= 4 is 17.7 Å². The van der Waals surface area contributed by atoms with Crippen molar-refractivity contribution < 1.29 is 15.0 Å². The average molecular weight is 314 g/mol. The van der Waals surface area contributed by atoms with Gasteiger partial charge in [0, 0.05) is 24.7 Å². The smallest absolute Gasteiger partial charge is 0.227 e. The molecule has 4 N–H and O–H groups in total. The van der Waals surface area contributed by atoms with Gasteiger partial charge in [-0.25, -0.2) is 0 Å². The summed E-state index contributed by atoms with van der Waals surface area (Å²) in [6.07, 6.45) is 3.24. The molecular formula is C15H26N2O3S. The molecule has 0 aromatic heterocycles. The Labute approximate surface area is 130 Å². The fourth-order valence-electron chi connectivity index (χ4n) is 2.47. The molecule has 5 nitrogen and oxygen atoms in total. The number of aliphatic hydroxyl groups is 2. The first-order valence-corrected chi connectivity index (χ1v) is 8.21. The summed E-state index contributed by atoms with van der Waals surface area (Å²) in [6, 6.07) is 0. The molecular weight excluding hydrogens is 288 g/mol. The van der Waals surface area contributed by atoms with Crippen LogP contribution in [-0.2, 0) is 4.79 Å². The molecule has 21 heavy (non-hydrogen) atoms. The van der Waals surface area contributed by atoms with Crippen LogP contribution in [-0.4, -0.2) is 44.4 Å². The van der Waals surface area contributed by atoms with Gasteiger partial charge in [-0.3, -0.25) is 4.79 Å². The van der Waals surface area contributed by atoms with E-state index in [2.05, 4.69) is 6.58 Å². The van der Waals surface area contributed by atoms with E-state index < -0.39 is 6.10 Å². The quantitative estimate of drug-likeness (QED) is 0.664. The Morgan fingerprint density at radius 1 is 1.52 bits per heavy atom. The molecule has 1 heterocycles. The predicted octanol–water partition coefficient (Wildman–Crippen LogP) is 1.57. The van der Waals surface area contributed by atoms with Gasteiger partial charge in [0.2, 0.25) is 5.91 Å². The maximum Gasteiger partial charge on any atom is 0.227 e. The molecule has 1 aliphatic rings. The second-order valence-electron chi connectivity index (χ2n) is 5.24. The third-order valence-corrected chi connectivity index (χ3v) is 5.35. The topological polar surface area (TPSA) is 86.8 Å². The molecule has 1 saturated heterocycles. The third kappa shape index (κ3) is 4.76. The van der Waals surface area contributed by atoms with E-state index in [-0.39, 0.29) is 23.1 Å². The van der Waals surface area contributed by atoms with Crippen LogP contribution in [0.2, 0.25) is 0 Å². The Hall–Kier alpha value is -0.980. The highest BCUT2D eigenvalue weighted by Crippen LogP contribution is 2.36. The van der Waals surface area contributed by atoms with Gasteiger partial charge in [-0.1, -0.05) is 19.1 Å². The molecule has 0 radical (unpaired) electrons. The molecule has 1 rings (SSSR count). The van der Waals surface area contributed by atoms with Crippen LogP contribution in [0.3, 0.4) is 0 Å². The van der Waals surface area contributed by atoms with E-state index in [1.54, 1.807) is 4.90 Å². The first kappa shape index (κ1) is 18.1. The summed E-state index contributed by atoms with van der Waals surface area (Å²) in [5.41, 5.74) is 7.66. The second-order valence-corrected chi connectivity index (χ2v) is 6.66. The molecule has 1 aliphatic heterocycles. The lowest BCUT2D eigenvalue weighted by Crippen LogP contribution is -2.33. The monoisotopic (exact) mass is 314 g/mol. The molecule has 0 bridgehead atoms. The van der Waals surface area contributed by atoms with Gasteiger partial charge in [0.15, 0.2) is 0 Å². The van der Waals surface area contributed by atoms with E-state index in [0.717, 1.165) is 17.7 Å². The molecule has 0 saturated carbocycles. The van der Waals surface area contributed by atoms with Crippen molar-refractivity contribution in [2.24, 2.45) is 5.73 Å². The summed E-state index contributed by atoms with van der Waals surface area (Å²) < 4.78 is 0.